The van der Waals surface area contributed by atoms with Gasteiger partial charge in [-0.05, 0) is 42.5 Å². The molecule has 0 aliphatic heterocycles. The van der Waals surface area contributed by atoms with E-state index < -0.39 is 0 Å². The fraction of sp³-hybridized carbons (Fsp3) is 0.188. The van der Waals surface area contributed by atoms with Gasteiger partial charge in [0.05, 0.1) is 0 Å². The molecule has 0 atom stereocenters. The first-order chi connectivity index (χ1) is 10.3. The summed E-state index contributed by atoms with van der Waals surface area (Å²) < 4.78 is 2.08. The minimum atomic E-state index is 0.839. The van der Waals surface area contributed by atoms with Gasteiger partial charge in [0.2, 0.25) is 0 Å². The summed E-state index contributed by atoms with van der Waals surface area (Å²) in [4.78, 5) is 4.06. The molecular weight excluding hydrogens is 280 g/mol. The second-order valence-corrected chi connectivity index (χ2v) is 5.38. The number of hydrogen-bond donors (Lipinski definition) is 0. The van der Waals surface area contributed by atoms with Crippen molar-refractivity contribution in [3.63, 3.8) is 0 Å². The fourth-order valence-corrected chi connectivity index (χ4v) is 2.70. The molecule has 21 heavy (non-hydrogen) atoms. The highest BCUT2D eigenvalue weighted by molar-refractivity contribution is 7.98. The highest BCUT2D eigenvalue weighted by Crippen LogP contribution is 2.26. The molecular formula is C16H16N4S. The normalized spacial score (nSPS) is 10.8. The van der Waals surface area contributed by atoms with E-state index in [2.05, 4.69) is 50.9 Å². The maximum absolute atomic E-state index is 4.34. The Morgan fingerprint density at radius 3 is 2.33 bits per heavy atom. The van der Waals surface area contributed by atoms with E-state index in [-0.39, 0.29) is 0 Å². The molecule has 0 bridgehead atoms. The second kappa shape index (κ2) is 6.10. The average molecular weight is 296 g/mol. The number of nitrogens with zero attached hydrogens (tertiary/aromatic N) is 4. The number of aromatic nitrogens is 4. The van der Waals surface area contributed by atoms with Crippen molar-refractivity contribution in [2.24, 2.45) is 0 Å². The van der Waals surface area contributed by atoms with Gasteiger partial charge in [-0.2, -0.15) is 0 Å². The number of aryl methyl sites for hydroxylation is 1. The van der Waals surface area contributed by atoms with Crippen LogP contribution in [-0.2, 0) is 6.42 Å². The molecule has 0 saturated carbocycles. The van der Waals surface area contributed by atoms with Crippen molar-refractivity contribution in [2.75, 3.05) is 6.26 Å². The highest BCUT2D eigenvalue weighted by atomic mass is 32.2. The number of rotatable bonds is 4. The van der Waals surface area contributed by atoms with Crippen LogP contribution < -0.4 is 0 Å². The van der Waals surface area contributed by atoms with Gasteiger partial charge in [0, 0.05) is 23.6 Å². The first kappa shape index (κ1) is 13.8. The summed E-state index contributed by atoms with van der Waals surface area (Å²) in [7, 11) is 0. The van der Waals surface area contributed by atoms with Gasteiger partial charge in [-0.1, -0.05) is 30.8 Å². The van der Waals surface area contributed by atoms with Gasteiger partial charge in [-0.15, -0.1) is 10.2 Å². The van der Waals surface area contributed by atoms with E-state index in [0.717, 1.165) is 28.7 Å². The van der Waals surface area contributed by atoms with Gasteiger partial charge in [-0.3, -0.25) is 9.55 Å². The van der Waals surface area contributed by atoms with Gasteiger partial charge < -0.3 is 0 Å². The lowest BCUT2D eigenvalue weighted by Crippen LogP contribution is -1.99. The maximum atomic E-state index is 4.34. The van der Waals surface area contributed by atoms with Crippen LogP contribution in [0.3, 0.4) is 0 Å². The third-order valence-electron chi connectivity index (χ3n) is 3.36. The lowest BCUT2D eigenvalue weighted by atomic mass is 10.1. The molecule has 0 spiro atoms. The van der Waals surface area contributed by atoms with Crippen molar-refractivity contribution >= 4 is 11.8 Å². The molecule has 3 rings (SSSR count). The predicted molar refractivity (Wildman–Crippen MR) is 85.7 cm³/mol. The Hall–Kier alpha value is -2.14. The molecule has 0 aliphatic rings. The summed E-state index contributed by atoms with van der Waals surface area (Å²) in [6, 6.07) is 12.4. The quantitative estimate of drug-likeness (QED) is 0.690. The van der Waals surface area contributed by atoms with E-state index in [4.69, 9.17) is 0 Å². The molecule has 3 aromatic rings. The molecule has 4 nitrogen and oxygen atoms in total. The van der Waals surface area contributed by atoms with Crippen LogP contribution >= 0.6 is 11.8 Å². The zero-order chi connectivity index (χ0) is 14.7. The second-order valence-electron chi connectivity index (χ2n) is 4.60. The summed E-state index contributed by atoms with van der Waals surface area (Å²) in [5.41, 5.74) is 3.41. The van der Waals surface area contributed by atoms with Crippen molar-refractivity contribution in [3.8, 4) is 17.1 Å². The summed E-state index contributed by atoms with van der Waals surface area (Å²) in [6.07, 6.45) is 6.59. The molecule has 2 heterocycles. The smallest absolute Gasteiger partial charge is 0.195 e. The molecule has 0 aliphatic carbocycles. The molecule has 1 aromatic carbocycles. The molecule has 2 aromatic heterocycles. The zero-order valence-corrected chi connectivity index (χ0v) is 12.8. The summed E-state index contributed by atoms with van der Waals surface area (Å²) in [5.74, 6) is 0.839. The lowest BCUT2D eigenvalue weighted by Gasteiger charge is -2.10. The van der Waals surface area contributed by atoms with Crippen LogP contribution in [0.2, 0.25) is 0 Å². The van der Waals surface area contributed by atoms with Gasteiger partial charge >= 0.3 is 0 Å². The van der Waals surface area contributed by atoms with Crippen molar-refractivity contribution in [1.82, 2.24) is 19.7 Å². The summed E-state index contributed by atoms with van der Waals surface area (Å²) >= 11 is 1.59. The Balaban J connectivity index is 2.13. The van der Waals surface area contributed by atoms with Crippen molar-refractivity contribution in [2.45, 2.75) is 18.5 Å². The summed E-state index contributed by atoms with van der Waals surface area (Å²) in [6.45, 7) is 2.16. The number of benzene rings is 1. The monoisotopic (exact) mass is 296 g/mol. The Morgan fingerprint density at radius 2 is 1.71 bits per heavy atom. The van der Waals surface area contributed by atoms with E-state index in [1.165, 1.54) is 5.56 Å². The standard InChI is InChI=1S/C16H16N4S/c1-3-12-4-6-14(7-5-12)20-15(18-19-16(20)21-2)13-8-10-17-11-9-13/h4-11H,3H2,1-2H3. The first-order valence-electron chi connectivity index (χ1n) is 6.82. The molecule has 106 valence electrons. The zero-order valence-electron chi connectivity index (χ0n) is 12.0. The van der Waals surface area contributed by atoms with E-state index in [9.17, 15) is 0 Å². The Morgan fingerprint density at radius 1 is 1.00 bits per heavy atom. The van der Waals surface area contributed by atoms with E-state index in [0.29, 0.717) is 0 Å². The van der Waals surface area contributed by atoms with E-state index >= 15 is 0 Å². The lowest BCUT2D eigenvalue weighted by molar-refractivity contribution is 0.887. The molecule has 5 heteroatoms. The van der Waals surface area contributed by atoms with Crippen molar-refractivity contribution in [3.05, 3.63) is 54.4 Å². The van der Waals surface area contributed by atoms with Crippen molar-refractivity contribution < 1.29 is 0 Å². The molecule has 0 N–H and O–H groups in total. The third kappa shape index (κ3) is 2.69. The SMILES string of the molecule is CCc1ccc(-n2c(SC)nnc2-c2ccncc2)cc1. The Kier molecular flexibility index (Phi) is 4.01. The molecule has 0 radical (unpaired) electrons. The Labute approximate surface area is 128 Å². The molecule has 0 fully saturated rings. The van der Waals surface area contributed by atoms with Gasteiger partial charge in [0.1, 0.15) is 0 Å². The number of hydrogen-bond acceptors (Lipinski definition) is 4. The Bertz CT molecular complexity index is 720. The van der Waals surface area contributed by atoms with E-state index in [1.807, 2.05) is 18.4 Å². The van der Waals surface area contributed by atoms with E-state index in [1.54, 1.807) is 24.2 Å². The topological polar surface area (TPSA) is 43.6 Å². The van der Waals surface area contributed by atoms with Crippen LogP contribution in [0.1, 0.15) is 12.5 Å². The van der Waals surface area contributed by atoms with Crippen LogP contribution in [0.15, 0.2) is 53.9 Å². The third-order valence-corrected chi connectivity index (χ3v) is 3.99. The number of pyridine rings is 1. The van der Waals surface area contributed by atoms with Crippen LogP contribution in [0.25, 0.3) is 17.1 Å². The van der Waals surface area contributed by atoms with Crippen LogP contribution in [0.5, 0.6) is 0 Å². The first-order valence-corrected chi connectivity index (χ1v) is 8.05. The average Bonchev–Trinajstić information content (AvgIpc) is 2.99. The predicted octanol–water partition coefficient (Wildman–Crippen LogP) is 3.61. The molecule has 0 unspecified atom stereocenters. The fourth-order valence-electron chi connectivity index (χ4n) is 2.20. The summed E-state index contributed by atoms with van der Waals surface area (Å²) in [5, 5.41) is 9.51. The maximum Gasteiger partial charge on any atom is 0.195 e. The van der Waals surface area contributed by atoms with Crippen LogP contribution in [-0.4, -0.2) is 26.0 Å². The minimum absolute atomic E-state index is 0.839. The van der Waals surface area contributed by atoms with Crippen LogP contribution in [0.4, 0.5) is 0 Å². The number of thioether (sulfide) groups is 1. The molecule has 0 saturated heterocycles. The van der Waals surface area contributed by atoms with Gasteiger partial charge in [-0.25, -0.2) is 0 Å². The molecule has 0 amide bonds. The van der Waals surface area contributed by atoms with Crippen LogP contribution in [0, 0.1) is 0 Å². The largest absolute Gasteiger partial charge is 0.270 e. The van der Waals surface area contributed by atoms with Gasteiger partial charge in [0.15, 0.2) is 11.0 Å². The van der Waals surface area contributed by atoms with Gasteiger partial charge in [0.25, 0.3) is 0 Å². The minimum Gasteiger partial charge on any atom is -0.270 e. The van der Waals surface area contributed by atoms with Crippen molar-refractivity contribution in [1.29, 1.82) is 0 Å². The highest BCUT2D eigenvalue weighted by Gasteiger charge is 2.14.